The lowest BCUT2D eigenvalue weighted by atomic mass is 9.74. The van der Waals surface area contributed by atoms with E-state index in [1.165, 1.54) is 25.7 Å². The Bertz CT molecular complexity index is 857. The Kier molecular flexibility index (Phi) is 4.63. The van der Waals surface area contributed by atoms with Gasteiger partial charge in [-0.25, -0.2) is 0 Å². The first kappa shape index (κ1) is 19.3. The number of rotatable bonds is 4. The monoisotopic (exact) mass is 399 g/mol. The number of carbonyl (C=O) groups is 1. The number of nitrogens with one attached hydrogen (secondary N) is 1. The molecule has 1 N–H and O–H groups in total. The van der Waals surface area contributed by atoms with Gasteiger partial charge >= 0.3 is 0 Å². The van der Waals surface area contributed by atoms with E-state index in [9.17, 15) is 9.59 Å². The molecule has 2 atom stereocenters. The number of aromatic nitrogens is 1. The first-order chi connectivity index (χ1) is 13.9. The van der Waals surface area contributed by atoms with Crippen LogP contribution in [0.1, 0.15) is 57.2 Å². The number of hydrogen-bond acceptors (Lipinski definition) is 4. The molecule has 3 heterocycles. The zero-order valence-electron chi connectivity index (χ0n) is 17.7. The smallest absolute Gasteiger partial charge is 0.225 e. The van der Waals surface area contributed by atoms with Gasteiger partial charge in [0.25, 0.3) is 0 Å². The zero-order valence-corrected chi connectivity index (χ0v) is 17.7. The van der Waals surface area contributed by atoms with Gasteiger partial charge in [-0.15, -0.1) is 0 Å². The van der Waals surface area contributed by atoms with E-state index >= 15 is 0 Å². The number of ether oxygens (including phenoxy) is 1. The number of amides is 1. The lowest BCUT2D eigenvalue weighted by molar-refractivity contribution is -0.157. The molecule has 5 rings (SSSR count). The molecular weight excluding hydrogens is 366 g/mol. The highest BCUT2D eigenvalue weighted by molar-refractivity contribution is 5.77. The van der Waals surface area contributed by atoms with Crippen LogP contribution in [0.3, 0.4) is 0 Å². The Morgan fingerprint density at radius 1 is 1.34 bits per heavy atom. The molecule has 29 heavy (non-hydrogen) atoms. The molecule has 2 saturated carbocycles. The van der Waals surface area contributed by atoms with Gasteiger partial charge in [0.15, 0.2) is 5.43 Å². The summed E-state index contributed by atoms with van der Waals surface area (Å²) < 4.78 is 6.22. The van der Waals surface area contributed by atoms with Gasteiger partial charge in [0.1, 0.15) is 0 Å². The normalized spacial score (nSPS) is 29.9. The summed E-state index contributed by atoms with van der Waals surface area (Å²) >= 11 is 0. The number of carbonyl (C=O) groups excluding carboxylic acids is 1. The van der Waals surface area contributed by atoms with Crippen molar-refractivity contribution in [3.05, 3.63) is 33.7 Å². The summed E-state index contributed by atoms with van der Waals surface area (Å²) in [6, 6.07) is 1.55. The van der Waals surface area contributed by atoms with Crippen LogP contribution in [0.25, 0.3) is 0 Å². The maximum absolute atomic E-state index is 13.0. The quantitative estimate of drug-likeness (QED) is 0.844. The van der Waals surface area contributed by atoms with E-state index in [4.69, 9.17) is 4.74 Å². The number of nitrogens with zero attached hydrogens (tertiary/aromatic N) is 2. The number of pyridine rings is 1. The minimum Gasteiger partial charge on any atom is -0.374 e. The van der Waals surface area contributed by atoms with Crippen molar-refractivity contribution in [3.8, 4) is 0 Å². The van der Waals surface area contributed by atoms with Crippen LogP contribution in [0.4, 0.5) is 0 Å². The van der Waals surface area contributed by atoms with Crippen LogP contribution in [-0.4, -0.2) is 58.6 Å². The average Bonchev–Trinajstić information content (AvgIpc) is 3.26. The SMILES string of the molecule is CC1(C)CC1CN1CC(CC(=O)N2CCc3[nH]ccc(=O)c3C2)OCC12CCC2. The number of hydrogen-bond donors (Lipinski definition) is 1. The minimum atomic E-state index is -0.0361. The highest BCUT2D eigenvalue weighted by atomic mass is 16.5. The van der Waals surface area contributed by atoms with E-state index in [1.54, 1.807) is 12.3 Å². The number of fused-ring (bicyclic) bond motifs is 1. The first-order valence-electron chi connectivity index (χ1n) is 11.2. The molecule has 0 aromatic carbocycles. The van der Waals surface area contributed by atoms with Crippen molar-refractivity contribution < 1.29 is 9.53 Å². The predicted molar refractivity (Wildman–Crippen MR) is 111 cm³/mol. The van der Waals surface area contributed by atoms with Crippen molar-refractivity contribution in [2.24, 2.45) is 11.3 Å². The Labute approximate surface area is 172 Å². The Morgan fingerprint density at radius 3 is 2.83 bits per heavy atom. The van der Waals surface area contributed by atoms with E-state index in [0.717, 1.165) is 36.9 Å². The molecule has 158 valence electrons. The van der Waals surface area contributed by atoms with Crippen LogP contribution in [0.2, 0.25) is 0 Å². The van der Waals surface area contributed by atoms with Gasteiger partial charge in [-0.1, -0.05) is 13.8 Å². The molecule has 2 aliphatic heterocycles. The van der Waals surface area contributed by atoms with Crippen LogP contribution < -0.4 is 5.43 Å². The highest BCUT2D eigenvalue weighted by Gasteiger charge is 2.52. The molecule has 2 aliphatic carbocycles. The van der Waals surface area contributed by atoms with E-state index in [1.807, 2.05) is 4.90 Å². The summed E-state index contributed by atoms with van der Waals surface area (Å²) in [5.74, 6) is 0.889. The zero-order chi connectivity index (χ0) is 20.2. The summed E-state index contributed by atoms with van der Waals surface area (Å²) in [4.78, 5) is 32.8. The lowest BCUT2D eigenvalue weighted by Gasteiger charge is -2.55. The Morgan fingerprint density at radius 2 is 2.14 bits per heavy atom. The number of morpholine rings is 1. The van der Waals surface area contributed by atoms with Crippen molar-refractivity contribution in [1.29, 1.82) is 0 Å². The summed E-state index contributed by atoms with van der Waals surface area (Å²) in [6.45, 7) is 8.59. The van der Waals surface area contributed by atoms with Crippen molar-refractivity contribution >= 4 is 5.91 Å². The second-order valence-corrected chi connectivity index (χ2v) is 10.4. The third kappa shape index (κ3) is 3.55. The molecule has 1 saturated heterocycles. The first-order valence-corrected chi connectivity index (χ1v) is 11.2. The Hall–Kier alpha value is -1.66. The van der Waals surface area contributed by atoms with Crippen molar-refractivity contribution in [2.45, 2.75) is 70.6 Å². The van der Waals surface area contributed by atoms with Crippen LogP contribution in [0, 0.1) is 11.3 Å². The largest absolute Gasteiger partial charge is 0.374 e. The lowest BCUT2D eigenvalue weighted by Crippen LogP contribution is -2.63. The van der Waals surface area contributed by atoms with Gasteiger partial charge in [-0.05, 0) is 37.0 Å². The molecule has 1 spiro atoms. The standard InChI is InChI=1S/C23H33N3O3/c1-22(2)11-16(22)12-26-13-17(29-15-23(26)6-3-7-23)10-21(28)25-9-5-19-18(14-25)20(27)4-8-24-19/h4,8,16-17H,3,5-7,9-15H2,1-2H3,(H,24,27). The van der Waals surface area contributed by atoms with E-state index < -0.39 is 0 Å². The predicted octanol–water partition coefficient (Wildman–Crippen LogP) is 2.32. The maximum atomic E-state index is 13.0. The fraction of sp³-hybridized carbons (Fsp3) is 0.739. The minimum absolute atomic E-state index is 0.0234. The third-order valence-corrected chi connectivity index (χ3v) is 8.01. The van der Waals surface area contributed by atoms with E-state index in [-0.39, 0.29) is 23.0 Å². The topological polar surface area (TPSA) is 65.6 Å². The van der Waals surface area contributed by atoms with Gasteiger partial charge < -0.3 is 14.6 Å². The van der Waals surface area contributed by atoms with Crippen molar-refractivity contribution in [3.63, 3.8) is 0 Å². The van der Waals surface area contributed by atoms with Crippen LogP contribution in [0.15, 0.2) is 17.1 Å². The molecule has 1 aromatic rings. The van der Waals surface area contributed by atoms with E-state index in [2.05, 4.69) is 23.7 Å². The van der Waals surface area contributed by atoms with Gasteiger partial charge in [-0.3, -0.25) is 14.5 Å². The molecule has 4 aliphatic rings. The van der Waals surface area contributed by atoms with Crippen LogP contribution >= 0.6 is 0 Å². The number of aromatic amines is 1. The molecule has 0 bridgehead atoms. The molecule has 6 heteroatoms. The maximum Gasteiger partial charge on any atom is 0.225 e. The second-order valence-electron chi connectivity index (χ2n) is 10.4. The molecule has 6 nitrogen and oxygen atoms in total. The molecule has 1 aromatic heterocycles. The van der Waals surface area contributed by atoms with Gasteiger partial charge in [-0.2, -0.15) is 0 Å². The molecule has 2 unspecified atom stereocenters. The summed E-state index contributed by atoms with van der Waals surface area (Å²) in [5.41, 5.74) is 2.44. The molecule has 0 radical (unpaired) electrons. The van der Waals surface area contributed by atoms with Crippen LogP contribution in [-0.2, 0) is 22.5 Å². The molecule has 3 fully saturated rings. The molecular formula is C23H33N3O3. The summed E-state index contributed by atoms with van der Waals surface area (Å²) in [5, 5.41) is 0. The van der Waals surface area contributed by atoms with Gasteiger partial charge in [0, 0.05) is 55.1 Å². The van der Waals surface area contributed by atoms with Crippen molar-refractivity contribution in [1.82, 2.24) is 14.8 Å². The summed E-state index contributed by atoms with van der Waals surface area (Å²) in [6.07, 6.45) is 7.85. The number of H-pyrrole nitrogens is 1. The highest BCUT2D eigenvalue weighted by Crippen LogP contribution is 2.53. The second kappa shape index (κ2) is 6.95. The van der Waals surface area contributed by atoms with E-state index in [0.29, 0.717) is 31.3 Å². The fourth-order valence-corrected chi connectivity index (χ4v) is 5.45. The Balaban J connectivity index is 1.22. The summed E-state index contributed by atoms with van der Waals surface area (Å²) in [7, 11) is 0. The average molecular weight is 400 g/mol. The van der Waals surface area contributed by atoms with Gasteiger partial charge in [0.2, 0.25) is 5.91 Å². The fourth-order valence-electron chi connectivity index (χ4n) is 5.45. The van der Waals surface area contributed by atoms with Gasteiger partial charge in [0.05, 0.1) is 25.7 Å². The van der Waals surface area contributed by atoms with Crippen molar-refractivity contribution in [2.75, 3.05) is 26.2 Å². The molecule has 1 amide bonds. The third-order valence-electron chi connectivity index (χ3n) is 8.01. The van der Waals surface area contributed by atoms with Crippen LogP contribution in [0.5, 0.6) is 0 Å².